The van der Waals surface area contributed by atoms with Crippen molar-refractivity contribution in [2.24, 2.45) is 17.6 Å². The largest absolute Gasteiger partial charge is 0.325 e. The second-order valence-electron chi connectivity index (χ2n) is 6.79. The summed E-state index contributed by atoms with van der Waals surface area (Å²) in [6.45, 7) is 9.20. The highest BCUT2D eigenvalue weighted by Crippen LogP contribution is 2.48. The van der Waals surface area contributed by atoms with Crippen LogP contribution in [0.15, 0.2) is 24.3 Å². The number of benzene rings is 1. The molecule has 0 heterocycles. The number of rotatable bonds is 4. The summed E-state index contributed by atoms with van der Waals surface area (Å²) in [7, 11) is 0. The molecular formula is C19H31N. The van der Waals surface area contributed by atoms with Crippen LogP contribution in [0.2, 0.25) is 0 Å². The molecule has 2 rings (SSSR count). The van der Waals surface area contributed by atoms with Crippen molar-refractivity contribution in [3.63, 3.8) is 0 Å². The zero-order chi connectivity index (χ0) is 14.8. The average molecular weight is 273 g/mol. The van der Waals surface area contributed by atoms with Gasteiger partial charge < -0.3 is 5.73 Å². The molecule has 1 heteroatoms. The monoisotopic (exact) mass is 273 g/mol. The van der Waals surface area contributed by atoms with Gasteiger partial charge in [-0.05, 0) is 55.1 Å². The molecule has 1 aromatic carbocycles. The summed E-state index contributed by atoms with van der Waals surface area (Å²) in [5.41, 5.74) is 9.76. The van der Waals surface area contributed by atoms with Crippen LogP contribution in [0, 0.1) is 11.8 Å². The van der Waals surface area contributed by atoms with Crippen molar-refractivity contribution in [2.75, 3.05) is 0 Å². The fourth-order valence-electron chi connectivity index (χ4n) is 4.58. The molecule has 112 valence electrons. The zero-order valence-corrected chi connectivity index (χ0v) is 13.7. The van der Waals surface area contributed by atoms with Crippen molar-refractivity contribution in [1.29, 1.82) is 0 Å². The van der Waals surface area contributed by atoms with E-state index in [4.69, 9.17) is 5.73 Å². The van der Waals surface area contributed by atoms with Gasteiger partial charge in [-0.3, -0.25) is 0 Å². The number of hydrogen-bond acceptors (Lipinski definition) is 1. The molecule has 0 bridgehead atoms. The van der Waals surface area contributed by atoms with Gasteiger partial charge >= 0.3 is 0 Å². The Hall–Kier alpha value is -0.820. The maximum Gasteiger partial charge on any atom is 0.0157 e. The summed E-state index contributed by atoms with van der Waals surface area (Å²) in [4.78, 5) is 0. The van der Waals surface area contributed by atoms with E-state index in [-0.39, 0.29) is 5.54 Å². The predicted octanol–water partition coefficient (Wildman–Crippen LogP) is 4.90. The molecule has 1 saturated carbocycles. The highest BCUT2D eigenvalue weighted by Gasteiger charge is 2.43. The summed E-state index contributed by atoms with van der Waals surface area (Å²) >= 11 is 0. The van der Waals surface area contributed by atoms with Gasteiger partial charge in [-0.2, -0.15) is 0 Å². The maximum atomic E-state index is 6.61. The Morgan fingerprint density at radius 3 is 2.45 bits per heavy atom. The maximum absolute atomic E-state index is 6.61. The fourth-order valence-corrected chi connectivity index (χ4v) is 4.58. The molecule has 0 amide bonds. The van der Waals surface area contributed by atoms with Crippen LogP contribution in [-0.4, -0.2) is 5.54 Å². The quantitative estimate of drug-likeness (QED) is 0.830. The van der Waals surface area contributed by atoms with Gasteiger partial charge in [-0.25, -0.2) is 0 Å². The van der Waals surface area contributed by atoms with E-state index in [2.05, 4.69) is 52.0 Å². The summed E-state index contributed by atoms with van der Waals surface area (Å²) in [6, 6.07) is 9.05. The van der Waals surface area contributed by atoms with Crippen LogP contribution in [0.25, 0.3) is 0 Å². The second kappa shape index (κ2) is 6.30. The van der Waals surface area contributed by atoms with Gasteiger partial charge in [0.2, 0.25) is 0 Å². The molecule has 4 atom stereocenters. The first-order valence-corrected chi connectivity index (χ1v) is 8.41. The smallest absolute Gasteiger partial charge is 0.0157 e. The van der Waals surface area contributed by atoms with Crippen LogP contribution in [0.5, 0.6) is 0 Å². The van der Waals surface area contributed by atoms with E-state index in [0.29, 0.717) is 11.8 Å². The first-order valence-electron chi connectivity index (χ1n) is 8.41. The topological polar surface area (TPSA) is 26.0 Å². The minimum absolute atomic E-state index is 0.0209. The molecule has 1 nitrogen and oxygen atoms in total. The molecule has 0 aromatic heterocycles. The van der Waals surface area contributed by atoms with E-state index in [1.807, 2.05) is 0 Å². The lowest BCUT2D eigenvalue weighted by Crippen LogP contribution is -2.51. The van der Waals surface area contributed by atoms with E-state index in [1.54, 1.807) is 5.56 Å². The van der Waals surface area contributed by atoms with Gasteiger partial charge in [0.25, 0.3) is 0 Å². The lowest BCUT2D eigenvalue weighted by Gasteiger charge is -2.48. The number of nitrogens with two attached hydrogens (primary N) is 1. The Bertz CT molecular complexity index is 435. The Morgan fingerprint density at radius 1 is 1.15 bits per heavy atom. The lowest BCUT2D eigenvalue weighted by molar-refractivity contribution is 0.101. The first-order chi connectivity index (χ1) is 9.55. The van der Waals surface area contributed by atoms with Crippen molar-refractivity contribution in [3.8, 4) is 0 Å². The van der Waals surface area contributed by atoms with Crippen LogP contribution in [0.4, 0.5) is 0 Å². The Balaban J connectivity index is 2.36. The van der Waals surface area contributed by atoms with E-state index in [1.165, 1.54) is 24.8 Å². The Morgan fingerprint density at radius 2 is 1.85 bits per heavy atom. The molecule has 1 aliphatic rings. The van der Waals surface area contributed by atoms with Crippen molar-refractivity contribution < 1.29 is 0 Å². The molecule has 1 aliphatic carbocycles. The summed E-state index contributed by atoms with van der Waals surface area (Å²) < 4.78 is 0. The standard InChI is InChI=1S/C19H31N/c1-5-14-10-8-9-11-16(14)17-12-13-19(4,20)18(7-3)15(17)6-2/h8-11,15,17-18H,5-7,12-13,20H2,1-4H3. The van der Waals surface area contributed by atoms with Crippen LogP contribution in [-0.2, 0) is 6.42 Å². The predicted molar refractivity (Wildman–Crippen MR) is 87.9 cm³/mol. The first kappa shape index (κ1) is 15.6. The van der Waals surface area contributed by atoms with E-state index in [0.717, 1.165) is 18.8 Å². The molecule has 0 spiro atoms. The minimum atomic E-state index is 0.0209. The van der Waals surface area contributed by atoms with Crippen LogP contribution < -0.4 is 5.73 Å². The third-order valence-corrected chi connectivity index (χ3v) is 5.62. The summed E-state index contributed by atoms with van der Waals surface area (Å²) in [5.74, 6) is 2.09. The van der Waals surface area contributed by atoms with Crippen molar-refractivity contribution in [2.45, 2.75) is 71.3 Å². The van der Waals surface area contributed by atoms with Crippen LogP contribution in [0.1, 0.15) is 70.4 Å². The van der Waals surface area contributed by atoms with Gasteiger partial charge in [0.05, 0.1) is 0 Å². The highest BCUT2D eigenvalue weighted by atomic mass is 14.8. The Labute approximate surface area is 125 Å². The van der Waals surface area contributed by atoms with Gasteiger partial charge in [0, 0.05) is 5.54 Å². The molecule has 4 unspecified atom stereocenters. The second-order valence-corrected chi connectivity index (χ2v) is 6.79. The third-order valence-electron chi connectivity index (χ3n) is 5.62. The molecule has 1 aromatic rings. The van der Waals surface area contributed by atoms with Crippen LogP contribution >= 0.6 is 0 Å². The van der Waals surface area contributed by atoms with Gasteiger partial charge in [-0.15, -0.1) is 0 Å². The normalized spacial score (nSPS) is 34.1. The summed E-state index contributed by atoms with van der Waals surface area (Å²) in [5, 5.41) is 0. The number of aryl methyl sites for hydroxylation is 1. The summed E-state index contributed by atoms with van der Waals surface area (Å²) in [6.07, 6.45) is 5.99. The van der Waals surface area contributed by atoms with E-state index < -0.39 is 0 Å². The van der Waals surface area contributed by atoms with E-state index in [9.17, 15) is 0 Å². The van der Waals surface area contributed by atoms with Crippen LogP contribution in [0.3, 0.4) is 0 Å². The molecule has 2 N–H and O–H groups in total. The minimum Gasteiger partial charge on any atom is -0.325 e. The molecule has 0 aliphatic heterocycles. The molecule has 1 fully saturated rings. The highest BCUT2D eigenvalue weighted by molar-refractivity contribution is 5.32. The van der Waals surface area contributed by atoms with Crippen molar-refractivity contribution in [1.82, 2.24) is 0 Å². The molecular weight excluding hydrogens is 242 g/mol. The van der Waals surface area contributed by atoms with Gasteiger partial charge in [0.15, 0.2) is 0 Å². The van der Waals surface area contributed by atoms with E-state index >= 15 is 0 Å². The average Bonchev–Trinajstić information content (AvgIpc) is 2.46. The third kappa shape index (κ3) is 2.79. The molecule has 0 saturated heterocycles. The Kier molecular flexibility index (Phi) is 4.90. The lowest BCUT2D eigenvalue weighted by atomic mass is 9.60. The number of hydrogen-bond donors (Lipinski definition) is 1. The molecule has 20 heavy (non-hydrogen) atoms. The fraction of sp³-hybridized carbons (Fsp3) is 0.684. The van der Waals surface area contributed by atoms with Crippen molar-refractivity contribution in [3.05, 3.63) is 35.4 Å². The zero-order valence-electron chi connectivity index (χ0n) is 13.7. The SMILES string of the molecule is CCc1ccccc1C1CCC(C)(N)C(CC)C1CC. The molecule has 0 radical (unpaired) electrons. The van der Waals surface area contributed by atoms with Crippen molar-refractivity contribution >= 4 is 0 Å². The van der Waals surface area contributed by atoms with Gasteiger partial charge in [0.1, 0.15) is 0 Å². The van der Waals surface area contributed by atoms with Gasteiger partial charge in [-0.1, -0.05) is 57.9 Å².